The molecule has 2 rings (SSSR count). The van der Waals surface area contributed by atoms with E-state index < -0.39 is 5.82 Å². The number of hydrogen-bond donors (Lipinski definition) is 1. The summed E-state index contributed by atoms with van der Waals surface area (Å²) in [6.45, 7) is 0. The molecule has 0 spiro atoms. The van der Waals surface area contributed by atoms with Gasteiger partial charge in [-0.2, -0.15) is 0 Å². The van der Waals surface area contributed by atoms with Gasteiger partial charge in [0.1, 0.15) is 5.82 Å². The Balaban J connectivity index is 2.04. The van der Waals surface area contributed by atoms with Crippen LogP contribution in [0, 0.1) is 5.82 Å². The molecule has 1 saturated carbocycles. The Morgan fingerprint density at radius 3 is 2.56 bits per heavy atom. The van der Waals surface area contributed by atoms with E-state index in [0.29, 0.717) is 5.02 Å². The van der Waals surface area contributed by atoms with Gasteiger partial charge in [-0.25, -0.2) is 4.39 Å². The summed E-state index contributed by atoms with van der Waals surface area (Å²) in [5.74, 6) is -0.882. The fourth-order valence-electron chi connectivity index (χ4n) is 2.36. The van der Waals surface area contributed by atoms with Gasteiger partial charge < -0.3 is 5.32 Å². The van der Waals surface area contributed by atoms with E-state index in [-0.39, 0.29) is 17.5 Å². The molecule has 0 bridgehead atoms. The molecule has 0 atom stereocenters. The number of amides is 1. The zero-order valence-corrected chi connectivity index (χ0v) is 11.0. The molecule has 1 aliphatic carbocycles. The molecule has 0 aromatic heterocycles. The largest absolute Gasteiger partial charge is 0.349 e. The van der Waals surface area contributed by atoms with Crippen LogP contribution in [0.4, 0.5) is 4.39 Å². The Kier molecular flexibility index (Phi) is 4.59. The predicted molar refractivity (Wildman–Crippen MR) is 70.4 cm³/mol. The maximum Gasteiger partial charge on any atom is 0.254 e. The molecule has 18 heavy (non-hydrogen) atoms. The highest BCUT2D eigenvalue weighted by atomic mass is 35.5. The van der Waals surface area contributed by atoms with Crippen LogP contribution in [0.15, 0.2) is 18.2 Å². The molecule has 0 unspecified atom stereocenters. The first-order valence-corrected chi connectivity index (χ1v) is 6.80. The van der Waals surface area contributed by atoms with E-state index in [1.165, 1.54) is 31.0 Å². The third kappa shape index (κ3) is 3.45. The van der Waals surface area contributed by atoms with Gasteiger partial charge in [-0.15, -0.1) is 0 Å². The molecule has 0 saturated heterocycles. The first-order valence-electron chi connectivity index (χ1n) is 6.43. The van der Waals surface area contributed by atoms with Crippen LogP contribution in [-0.4, -0.2) is 11.9 Å². The lowest BCUT2D eigenvalue weighted by Crippen LogP contribution is -2.34. The zero-order valence-electron chi connectivity index (χ0n) is 10.2. The fourth-order valence-corrected chi connectivity index (χ4v) is 2.53. The van der Waals surface area contributed by atoms with E-state index in [9.17, 15) is 9.18 Å². The Hall–Kier alpha value is -1.09. The normalized spacial score (nSPS) is 17.2. The quantitative estimate of drug-likeness (QED) is 0.810. The van der Waals surface area contributed by atoms with E-state index in [2.05, 4.69) is 5.32 Å². The van der Waals surface area contributed by atoms with Gasteiger partial charge in [0.25, 0.3) is 5.91 Å². The molecule has 1 aromatic rings. The molecule has 1 fully saturated rings. The Morgan fingerprint density at radius 2 is 1.89 bits per heavy atom. The van der Waals surface area contributed by atoms with Gasteiger partial charge >= 0.3 is 0 Å². The molecule has 2 nitrogen and oxygen atoms in total. The average Bonchev–Trinajstić information content (AvgIpc) is 2.61. The molecule has 1 amide bonds. The highest BCUT2D eigenvalue weighted by molar-refractivity contribution is 6.31. The summed E-state index contributed by atoms with van der Waals surface area (Å²) in [5.41, 5.74) is 0.0340. The highest BCUT2D eigenvalue weighted by Gasteiger charge is 2.18. The molecule has 0 radical (unpaired) electrons. The van der Waals surface area contributed by atoms with Crippen molar-refractivity contribution in [2.45, 2.75) is 44.6 Å². The highest BCUT2D eigenvalue weighted by Crippen LogP contribution is 2.19. The summed E-state index contributed by atoms with van der Waals surface area (Å²) in [7, 11) is 0. The third-order valence-electron chi connectivity index (χ3n) is 3.36. The van der Waals surface area contributed by atoms with Gasteiger partial charge in [-0.3, -0.25) is 4.79 Å². The van der Waals surface area contributed by atoms with Crippen molar-refractivity contribution < 1.29 is 9.18 Å². The second kappa shape index (κ2) is 6.19. The van der Waals surface area contributed by atoms with Crippen LogP contribution in [0.2, 0.25) is 5.02 Å². The standard InChI is InChI=1S/C14H17ClFNO/c15-10-7-8-13(16)12(9-10)14(18)17-11-5-3-1-2-4-6-11/h7-9,11H,1-6H2,(H,17,18). The summed E-state index contributed by atoms with van der Waals surface area (Å²) in [6.07, 6.45) is 6.66. The molecular weight excluding hydrogens is 253 g/mol. The van der Waals surface area contributed by atoms with Crippen LogP contribution in [0.3, 0.4) is 0 Å². The molecule has 0 heterocycles. The van der Waals surface area contributed by atoms with E-state index in [4.69, 9.17) is 11.6 Å². The lowest BCUT2D eigenvalue weighted by Gasteiger charge is -2.16. The van der Waals surface area contributed by atoms with Crippen LogP contribution in [-0.2, 0) is 0 Å². The topological polar surface area (TPSA) is 29.1 Å². The Morgan fingerprint density at radius 1 is 1.22 bits per heavy atom. The molecule has 98 valence electrons. The lowest BCUT2D eigenvalue weighted by atomic mass is 10.1. The van der Waals surface area contributed by atoms with Crippen LogP contribution in [0.1, 0.15) is 48.9 Å². The third-order valence-corrected chi connectivity index (χ3v) is 3.60. The summed E-state index contributed by atoms with van der Waals surface area (Å²) in [6, 6.07) is 4.21. The van der Waals surface area contributed by atoms with E-state index in [0.717, 1.165) is 25.7 Å². The molecule has 1 aromatic carbocycles. The van der Waals surface area contributed by atoms with Crippen LogP contribution in [0.5, 0.6) is 0 Å². The number of hydrogen-bond acceptors (Lipinski definition) is 1. The van der Waals surface area contributed by atoms with Crippen LogP contribution in [0.25, 0.3) is 0 Å². The maximum absolute atomic E-state index is 13.5. The number of nitrogens with one attached hydrogen (secondary N) is 1. The number of benzene rings is 1. The number of halogens is 2. The van der Waals surface area contributed by atoms with Crippen LogP contribution < -0.4 is 5.32 Å². The number of rotatable bonds is 2. The second-order valence-electron chi connectivity index (χ2n) is 4.79. The summed E-state index contributed by atoms with van der Waals surface area (Å²) in [5, 5.41) is 3.28. The van der Waals surface area contributed by atoms with Gasteiger partial charge in [-0.05, 0) is 31.0 Å². The first kappa shape index (κ1) is 13.3. The van der Waals surface area contributed by atoms with Gasteiger partial charge in [0.05, 0.1) is 5.56 Å². The first-order chi connectivity index (χ1) is 8.66. The summed E-state index contributed by atoms with van der Waals surface area (Å²) >= 11 is 5.78. The van der Waals surface area contributed by atoms with Crippen molar-refractivity contribution in [3.8, 4) is 0 Å². The zero-order chi connectivity index (χ0) is 13.0. The van der Waals surface area contributed by atoms with E-state index in [1.807, 2.05) is 0 Å². The minimum atomic E-state index is -0.523. The fraction of sp³-hybridized carbons (Fsp3) is 0.500. The van der Waals surface area contributed by atoms with Crippen molar-refractivity contribution in [1.29, 1.82) is 0 Å². The van der Waals surface area contributed by atoms with Crippen molar-refractivity contribution in [2.75, 3.05) is 0 Å². The smallest absolute Gasteiger partial charge is 0.254 e. The van der Waals surface area contributed by atoms with Crippen molar-refractivity contribution in [3.05, 3.63) is 34.6 Å². The molecule has 1 N–H and O–H groups in total. The molecule has 4 heteroatoms. The SMILES string of the molecule is O=C(NC1CCCCCC1)c1cc(Cl)ccc1F. The van der Waals surface area contributed by atoms with E-state index in [1.54, 1.807) is 0 Å². The molecule has 0 aliphatic heterocycles. The van der Waals surface area contributed by atoms with Gasteiger partial charge in [0.15, 0.2) is 0 Å². The van der Waals surface area contributed by atoms with Gasteiger partial charge in [0, 0.05) is 11.1 Å². The number of carbonyl (C=O) groups excluding carboxylic acids is 1. The minimum absolute atomic E-state index is 0.0340. The monoisotopic (exact) mass is 269 g/mol. The van der Waals surface area contributed by atoms with Gasteiger partial charge in [-0.1, -0.05) is 37.3 Å². The molecule has 1 aliphatic rings. The summed E-state index contributed by atoms with van der Waals surface area (Å²) < 4.78 is 13.5. The number of carbonyl (C=O) groups is 1. The summed E-state index contributed by atoms with van der Waals surface area (Å²) in [4.78, 5) is 12.0. The van der Waals surface area contributed by atoms with Crippen molar-refractivity contribution >= 4 is 17.5 Å². The van der Waals surface area contributed by atoms with Crippen molar-refractivity contribution in [1.82, 2.24) is 5.32 Å². The van der Waals surface area contributed by atoms with Crippen LogP contribution >= 0.6 is 11.6 Å². The Labute approximate surface area is 112 Å². The van der Waals surface area contributed by atoms with E-state index >= 15 is 0 Å². The second-order valence-corrected chi connectivity index (χ2v) is 5.22. The van der Waals surface area contributed by atoms with Crippen molar-refractivity contribution in [2.24, 2.45) is 0 Å². The minimum Gasteiger partial charge on any atom is -0.349 e. The maximum atomic E-state index is 13.5. The lowest BCUT2D eigenvalue weighted by molar-refractivity contribution is 0.0929. The average molecular weight is 270 g/mol. The molecular formula is C14H17ClFNO. The van der Waals surface area contributed by atoms with Crippen molar-refractivity contribution in [3.63, 3.8) is 0 Å². The predicted octanol–water partition coefficient (Wildman–Crippen LogP) is 3.93. The van der Waals surface area contributed by atoms with Gasteiger partial charge in [0.2, 0.25) is 0 Å². The Bertz CT molecular complexity index is 428.